The molecule has 0 saturated carbocycles. The molecule has 0 saturated heterocycles. The third-order valence-corrected chi connectivity index (χ3v) is 3.09. The Morgan fingerprint density at radius 2 is 2.06 bits per heavy atom. The summed E-state index contributed by atoms with van der Waals surface area (Å²) in [5, 5.41) is 12.2. The quantitative estimate of drug-likeness (QED) is 0.820. The SMILES string of the molecule is CCC(CC)CNCc1cc(F)ccc1C#N. The van der Waals surface area contributed by atoms with Crippen LogP contribution in [0.25, 0.3) is 0 Å². The van der Waals surface area contributed by atoms with Crippen LogP contribution in [0.5, 0.6) is 0 Å². The lowest BCUT2D eigenvalue weighted by molar-refractivity contribution is 0.449. The summed E-state index contributed by atoms with van der Waals surface area (Å²) in [6, 6.07) is 6.36. The van der Waals surface area contributed by atoms with Crippen LogP contribution in [0.2, 0.25) is 0 Å². The molecule has 0 spiro atoms. The molecule has 2 nitrogen and oxygen atoms in total. The summed E-state index contributed by atoms with van der Waals surface area (Å²) in [5.41, 5.74) is 1.28. The normalized spacial score (nSPS) is 10.5. The van der Waals surface area contributed by atoms with E-state index in [0.717, 1.165) is 24.9 Å². The van der Waals surface area contributed by atoms with Gasteiger partial charge in [0.1, 0.15) is 5.82 Å². The van der Waals surface area contributed by atoms with Gasteiger partial charge in [0, 0.05) is 6.54 Å². The van der Waals surface area contributed by atoms with Gasteiger partial charge in [-0.3, -0.25) is 0 Å². The summed E-state index contributed by atoms with van der Waals surface area (Å²) in [5.74, 6) is 0.359. The fraction of sp³-hybridized carbons (Fsp3) is 0.500. The van der Waals surface area contributed by atoms with Crippen LogP contribution in [-0.2, 0) is 6.54 Å². The zero-order valence-electron chi connectivity index (χ0n) is 10.5. The van der Waals surface area contributed by atoms with E-state index in [0.29, 0.717) is 18.0 Å². The molecule has 1 N–H and O–H groups in total. The van der Waals surface area contributed by atoms with Gasteiger partial charge in [-0.15, -0.1) is 0 Å². The second kappa shape index (κ2) is 7.03. The zero-order valence-corrected chi connectivity index (χ0v) is 10.5. The van der Waals surface area contributed by atoms with Crippen LogP contribution in [0.3, 0.4) is 0 Å². The minimum absolute atomic E-state index is 0.289. The molecule has 0 aliphatic carbocycles. The van der Waals surface area contributed by atoms with Crippen molar-refractivity contribution in [2.24, 2.45) is 5.92 Å². The number of halogens is 1. The highest BCUT2D eigenvalue weighted by atomic mass is 19.1. The molecule has 0 unspecified atom stereocenters. The van der Waals surface area contributed by atoms with Crippen molar-refractivity contribution in [3.63, 3.8) is 0 Å². The minimum Gasteiger partial charge on any atom is -0.312 e. The van der Waals surface area contributed by atoms with Gasteiger partial charge in [0.25, 0.3) is 0 Å². The molecule has 0 heterocycles. The molecule has 1 rings (SSSR count). The number of hydrogen-bond donors (Lipinski definition) is 1. The Morgan fingerprint density at radius 1 is 1.35 bits per heavy atom. The molecule has 0 radical (unpaired) electrons. The maximum absolute atomic E-state index is 13.1. The average Bonchev–Trinajstić information content (AvgIpc) is 2.35. The van der Waals surface area contributed by atoms with Crippen LogP contribution < -0.4 is 5.32 Å². The molecule has 1 aromatic carbocycles. The van der Waals surface area contributed by atoms with Crippen LogP contribution in [0.4, 0.5) is 4.39 Å². The molecule has 92 valence electrons. The molecular formula is C14H19FN2. The Kier molecular flexibility index (Phi) is 5.65. The molecule has 0 amide bonds. The Morgan fingerprint density at radius 3 is 2.65 bits per heavy atom. The molecule has 3 heteroatoms. The number of nitrogens with zero attached hydrogens (tertiary/aromatic N) is 1. The van der Waals surface area contributed by atoms with E-state index in [1.807, 2.05) is 0 Å². The Bertz CT molecular complexity index is 392. The van der Waals surface area contributed by atoms with Gasteiger partial charge >= 0.3 is 0 Å². The molecular weight excluding hydrogens is 215 g/mol. The molecule has 0 aliphatic rings. The van der Waals surface area contributed by atoms with Crippen molar-refractivity contribution >= 4 is 0 Å². The van der Waals surface area contributed by atoms with E-state index >= 15 is 0 Å². The van der Waals surface area contributed by atoms with Gasteiger partial charge < -0.3 is 5.32 Å². The molecule has 0 aromatic heterocycles. The summed E-state index contributed by atoms with van der Waals surface area (Å²) in [4.78, 5) is 0. The highest BCUT2D eigenvalue weighted by molar-refractivity contribution is 5.37. The van der Waals surface area contributed by atoms with Crippen molar-refractivity contribution in [2.75, 3.05) is 6.54 Å². The number of benzene rings is 1. The van der Waals surface area contributed by atoms with E-state index < -0.39 is 0 Å². The lowest BCUT2D eigenvalue weighted by Crippen LogP contribution is -2.22. The first kappa shape index (κ1) is 13.7. The zero-order chi connectivity index (χ0) is 12.7. The smallest absolute Gasteiger partial charge is 0.123 e. The van der Waals surface area contributed by atoms with Gasteiger partial charge in [-0.25, -0.2) is 4.39 Å². The van der Waals surface area contributed by atoms with Crippen LogP contribution >= 0.6 is 0 Å². The maximum atomic E-state index is 13.1. The number of nitrogens with one attached hydrogen (secondary N) is 1. The predicted octanol–water partition coefficient (Wildman–Crippen LogP) is 3.22. The minimum atomic E-state index is -0.289. The van der Waals surface area contributed by atoms with Crippen molar-refractivity contribution in [3.8, 4) is 6.07 Å². The van der Waals surface area contributed by atoms with Gasteiger partial charge in [-0.1, -0.05) is 26.7 Å². The van der Waals surface area contributed by atoms with E-state index in [9.17, 15) is 4.39 Å². The van der Waals surface area contributed by atoms with E-state index in [1.54, 1.807) is 0 Å². The standard InChI is InChI=1S/C14H19FN2/c1-3-11(4-2)9-17-10-13-7-14(15)6-5-12(13)8-16/h5-7,11,17H,3-4,9-10H2,1-2H3. The lowest BCUT2D eigenvalue weighted by Gasteiger charge is -2.13. The molecule has 0 aliphatic heterocycles. The van der Waals surface area contributed by atoms with Crippen LogP contribution in [0.1, 0.15) is 37.8 Å². The lowest BCUT2D eigenvalue weighted by atomic mass is 10.0. The summed E-state index contributed by atoms with van der Waals surface area (Å²) in [6.07, 6.45) is 2.27. The Labute approximate surface area is 102 Å². The summed E-state index contributed by atoms with van der Waals surface area (Å²) in [7, 11) is 0. The molecule has 17 heavy (non-hydrogen) atoms. The van der Waals surface area contributed by atoms with E-state index in [-0.39, 0.29) is 5.82 Å². The second-order valence-corrected chi connectivity index (χ2v) is 4.23. The summed E-state index contributed by atoms with van der Waals surface area (Å²) >= 11 is 0. The van der Waals surface area contributed by atoms with Crippen LogP contribution in [0, 0.1) is 23.1 Å². The first-order valence-corrected chi connectivity index (χ1v) is 6.10. The average molecular weight is 234 g/mol. The highest BCUT2D eigenvalue weighted by Crippen LogP contribution is 2.11. The molecule has 0 bridgehead atoms. The third kappa shape index (κ3) is 4.16. The first-order chi connectivity index (χ1) is 8.21. The van der Waals surface area contributed by atoms with Crippen LogP contribution in [-0.4, -0.2) is 6.54 Å². The molecule has 1 aromatic rings. The maximum Gasteiger partial charge on any atom is 0.123 e. The molecule has 0 fully saturated rings. The van der Waals surface area contributed by atoms with E-state index in [1.165, 1.54) is 18.2 Å². The van der Waals surface area contributed by atoms with Crippen molar-refractivity contribution in [3.05, 3.63) is 35.1 Å². The molecule has 0 atom stereocenters. The van der Waals surface area contributed by atoms with Crippen molar-refractivity contribution in [1.29, 1.82) is 5.26 Å². The van der Waals surface area contributed by atoms with Gasteiger partial charge in [0.05, 0.1) is 11.6 Å². The van der Waals surface area contributed by atoms with Gasteiger partial charge in [-0.05, 0) is 36.2 Å². The predicted molar refractivity (Wildman–Crippen MR) is 66.9 cm³/mol. The highest BCUT2D eigenvalue weighted by Gasteiger charge is 2.06. The fourth-order valence-electron chi connectivity index (χ4n) is 1.81. The monoisotopic (exact) mass is 234 g/mol. The third-order valence-electron chi connectivity index (χ3n) is 3.09. The van der Waals surface area contributed by atoms with Crippen molar-refractivity contribution < 1.29 is 4.39 Å². The van der Waals surface area contributed by atoms with Gasteiger partial charge in [0.2, 0.25) is 0 Å². The van der Waals surface area contributed by atoms with Crippen molar-refractivity contribution in [1.82, 2.24) is 5.32 Å². The fourth-order valence-corrected chi connectivity index (χ4v) is 1.81. The Hall–Kier alpha value is -1.40. The second-order valence-electron chi connectivity index (χ2n) is 4.23. The van der Waals surface area contributed by atoms with Crippen molar-refractivity contribution in [2.45, 2.75) is 33.2 Å². The number of hydrogen-bond acceptors (Lipinski definition) is 2. The van der Waals surface area contributed by atoms with E-state index in [4.69, 9.17) is 5.26 Å². The Balaban J connectivity index is 2.57. The summed E-state index contributed by atoms with van der Waals surface area (Å²) in [6.45, 7) is 5.79. The van der Waals surface area contributed by atoms with Gasteiger partial charge in [0.15, 0.2) is 0 Å². The van der Waals surface area contributed by atoms with Gasteiger partial charge in [-0.2, -0.15) is 5.26 Å². The largest absolute Gasteiger partial charge is 0.312 e. The van der Waals surface area contributed by atoms with Crippen LogP contribution in [0.15, 0.2) is 18.2 Å². The first-order valence-electron chi connectivity index (χ1n) is 6.10. The number of rotatable bonds is 6. The topological polar surface area (TPSA) is 35.8 Å². The summed E-state index contributed by atoms with van der Waals surface area (Å²) < 4.78 is 13.1. The number of nitriles is 1. The van der Waals surface area contributed by atoms with E-state index in [2.05, 4.69) is 25.2 Å².